The van der Waals surface area contributed by atoms with Gasteiger partial charge in [0, 0.05) is 108 Å². The number of carbonyl (C=O) groups excluding carboxylic acids is 13. The van der Waals surface area contributed by atoms with Crippen molar-refractivity contribution in [3.8, 4) is 5.75 Å². The number of hydrogen-bond acceptors (Lipinski definition) is 19. The molecule has 129 heavy (non-hydrogen) atoms. The van der Waals surface area contributed by atoms with Gasteiger partial charge >= 0.3 is 11.9 Å². The number of piperidine rings is 1. The molecule has 34 nitrogen and oxygen atoms in total. The summed E-state index contributed by atoms with van der Waals surface area (Å²) in [6.07, 6.45) is -3.99. The molecule has 696 valence electrons. The van der Waals surface area contributed by atoms with Crippen molar-refractivity contribution in [1.29, 1.82) is 0 Å². The molecule has 15 N–H and O–H groups in total. The van der Waals surface area contributed by atoms with E-state index < -0.39 is 253 Å². The Balaban J connectivity index is 1.11. The van der Waals surface area contributed by atoms with Crippen molar-refractivity contribution >= 4 is 111 Å². The van der Waals surface area contributed by atoms with Crippen molar-refractivity contribution in [2.24, 2.45) is 11.7 Å². The predicted molar refractivity (Wildman–Crippen MR) is 465 cm³/mol. The number of nitrogens with one attached hydrogen (secondary N) is 9. The fourth-order valence-electron chi connectivity index (χ4n) is 16.1. The number of phenols is 1. The summed E-state index contributed by atoms with van der Waals surface area (Å²) in [5.41, 5.74) is 7.94. The fraction of sp³-hybridized carbons (Fsp3) is 0.478. The molecule has 0 radical (unpaired) electrons. The molecule has 6 aromatic rings. The second kappa shape index (κ2) is 47.0. The molecule has 14 atom stereocenters. The number of nitrogens with two attached hydrogens (primary N) is 1. The highest BCUT2D eigenvalue weighted by Crippen LogP contribution is 2.29. The Morgan fingerprint density at radius 1 is 0.527 bits per heavy atom. The Labute approximate surface area is 747 Å². The van der Waals surface area contributed by atoms with Gasteiger partial charge in [-0.3, -0.25) is 71.9 Å². The van der Waals surface area contributed by atoms with E-state index in [1.807, 2.05) is 0 Å². The largest absolute Gasteiger partial charge is 0.508 e. The molecular weight excluding hydrogens is 1700 g/mol. The summed E-state index contributed by atoms with van der Waals surface area (Å²) in [5, 5.41) is 64.0. The van der Waals surface area contributed by atoms with E-state index >= 15 is 51.9 Å². The maximum atomic E-state index is 15.6. The molecule has 1 aromatic heterocycles. The third-order valence-corrected chi connectivity index (χ3v) is 24.4. The second-order valence-electron chi connectivity index (χ2n) is 33.2. The van der Waals surface area contributed by atoms with Crippen LogP contribution in [0.4, 0.5) is 17.6 Å². The molecule has 13 amide bonds. The summed E-state index contributed by atoms with van der Waals surface area (Å²) < 4.78 is 59.4. The number of aromatic hydroxyl groups is 1. The van der Waals surface area contributed by atoms with Crippen molar-refractivity contribution in [2.45, 2.75) is 215 Å². The fourth-order valence-corrected chi connectivity index (χ4v) is 16.9. The summed E-state index contributed by atoms with van der Waals surface area (Å²) in [7, 11) is 3.56. The van der Waals surface area contributed by atoms with Gasteiger partial charge in [-0.1, -0.05) is 106 Å². The number of rotatable bonds is 21. The molecule has 0 bridgehead atoms. The Morgan fingerprint density at radius 2 is 1.09 bits per heavy atom. The molecule has 3 fully saturated rings. The van der Waals surface area contributed by atoms with Gasteiger partial charge in [0.1, 0.15) is 84.1 Å². The second-order valence-corrected chi connectivity index (χ2v) is 34.2. The number of benzene rings is 5. The number of carboxylic acid groups (broad SMARTS) is 2. The summed E-state index contributed by atoms with van der Waals surface area (Å²) in [4.78, 5) is 230. The number of nitrogens with zero attached hydrogens (tertiary/aromatic N) is 5. The number of hydrogen-bond donors (Lipinski definition) is 14. The van der Waals surface area contributed by atoms with Crippen LogP contribution in [0, 0.1) is 29.2 Å². The lowest BCUT2D eigenvalue weighted by atomic mass is 9.97. The average Bonchev–Trinajstić information content (AvgIpc) is 1.56. The lowest BCUT2D eigenvalue weighted by molar-refractivity contribution is -0.152. The molecule has 39 heteroatoms. The van der Waals surface area contributed by atoms with Crippen LogP contribution in [-0.2, 0) is 104 Å². The number of thioether (sulfide) groups is 1. The normalized spacial score (nSPS) is 24.7. The van der Waals surface area contributed by atoms with Crippen molar-refractivity contribution in [3.05, 3.63) is 173 Å². The smallest absolute Gasteiger partial charge is 0.305 e. The molecule has 5 aromatic carbocycles. The van der Waals surface area contributed by atoms with E-state index in [4.69, 9.17) is 5.73 Å². The standard InChI is InChI=1S/C90H113F4N15O19S/c1-8-9-21-70-89(127)109-46-58(111)43-72(109)85(123)103-67(44-76(115)116)82(120)104-78(49(2)3)90(128)106(6)71(40-51-17-11-10-12-18-51)84(122)100-64(31-32-75(113)114)87(125)108-35-16-15-22-69(108)83(121)102-66(42-55-45-96-62-20-14-13-19-59(55)62)81(119)101-65(38-52-25-29-57(110)30-26-52)80(118)99-63(33-34-95)79(117)97-50(4)47-129-48-74(112)98-68(39-54-36-60(92)77(94)61(93)37-54)86(124)107(7)73(88(126)105(70)5)41-53-23-27-56(91)28-24-53/h10-14,17-20,23-30,36-37,45,49-50,58,63-73,78,96,110-111H,8-9,15-16,21-22,31-35,38-44,46-48,95H2,1-7H3,(H,97,117)(H,98,112)(H,99,118)(H,100,122)(H,101,119)(H,102,121)(H,103,123)(H,104,120)(H,113,114)(H,115,116)/t50-,58+,63+,64+,65+,66+,67+,68+,69-,70+,71+,72-,73+,78+/m1/s1. The highest BCUT2D eigenvalue weighted by molar-refractivity contribution is 8.00. The Bertz CT molecular complexity index is 5000. The van der Waals surface area contributed by atoms with Crippen molar-refractivity contribution in [3.63, 3.8) is 0 Å². The van der Waals surface area contributed by atoms with Crippen LogP contribution in [0.5, 0.6) is 5.75 Å². The summed E-state index contributed by atoms with van der Waals surface area (Å²) >= 11 is 0.913. The number of likely N-dealkylation sites (N-methyl/N-ethyl adjacent to an activating group) is 3. The SMILES string of the molecule is CCCC[C@H]1C(=O)N2C[C@@H](O)C[C@@H]2C(=O)N[C@@H](CC(=O)O)C(=O)N[C@@H](C(C)C)C(=O)N(C)[C@@H](Cc2ccccc2)C(=O)N[C@@H](CCC(=O)O)C(=O)N2CCCC[C@@H]2C(=O)N[C@@H](Cc2c[nH]c3ccccc23)C(=O)N[C@@H](Cc2ccc(O)cc2)C(=O)N[C@@H](CCN)C(=O)N[C@H](C)CSCC(=O)N[C@@H](Cc2cc(F)c(F)c(F)c2)C(=O)N(C)[C@@H](Cc2ccc(F)cc2)C(=O)N1C. The minimum absolute atomic E-state index is 0.0325. The van der Waals surface area contributed by atoms with E-state index in [1.54, 1.807) is 74.6 Å². The molecule has 0 aliphatic carbocycles. The summed E-state index contributed by atoms with van der Waals surface area (Å²) in [6.45, 7) is 5.41. The van der Waals surface area contributed by atoms with Crippen molar-refractivity contribution < 1.29 is 110 Å². The van der Waals surface area contributed by atoms with Crippen LogP contribution < -0.4 is 48.3 Å². The first-order valence-corrected chi connectivity index (χ1v) is 44.0. The highest BCUT2D eigenvalue weighted by Gasteiger charge is 2.47. The number of aliphatic hydroxyl groups excluding tert-OH is 1. The predicted octanol–water partition coefficient (Wildman–Crippen LogP) is 2.95. The molecular formula is C90H113F4N15O19S. The number of aliphatic carboxylic acids is 2. The number of phenolic OH excluding ortho intramolecular Hbond substituents is 1. The third-order valence-electron chi connectivity index (χ3n) is 23.2. The zero-order chi connectivity index (χ0) is 94.2. The maximum absolute atomic E-state index is 15.6. The topological polar surface area (TPSA) is 491 Å². The number of halogens is 4. The monoisotopic (exact) mass is 1820 g/mol. The van der Waals surface area contributed by atoms with Gasteiger partial charge in [-0.2, -0.15) is 0 Å². The van der Waals surface area contributed by atoms with Crippen LogP contribution in [0.3, 0.4) is 0 Å². The number of carbonyl (C=O) groups is 15. The number of aromatic amines is 1. The molecule has 3 aliphatic rings. The van der Waals surface area contributed by atoms with Gasteiger partial charge in [0.05, 0.1) is 18.3 Å². The van der Waals surface area contributed by atoms with Gasteiger partial charge in [0.25, 0.3) is 0 Å². The molecule has 9 rings (SSSR count). The first kappa shape index (κ1) is 100. The number of unbranched alkanes of at least 4 members (excludes halogenated alkanes) is 1. The minimum Gasteiger partial charge on any atom is -0.508 e. The van der Waals surface area contributed by atoms with Gasteiger partial charge in [-0.15, -0.1) is 11.8 Å². The van der Waals surface area contributed by atoms with E-state index in [-0.39, 0.29) is 80.7 Å². The number of amides is 13. The molecule has 0 unspecified atom stereocenters. The molecule has 4 heterocycles. The van der Waals surface area contributed by atoms with E-state index in [9.17, 15) is 58.0 Å². The zero-order valence-electron chi connectivity index (χ0n) is 72.7. The molecule has 0 saturated carbocycles. The van der Waals surface area contributed by atoms with Crippen molar-refractivity contribution in [2.75, 3.05) is 52.3 Å². The number of fused-ring (bicyclic) bond motifs is 3. The number of para-hydroxylation sites is 1. The Morgan fingerprint density at radius 3 is 1.74 bits per heavy atom. The van der Waals surface area contributed by atoms with Gasteiger partial charge in [0.15, 0.2) is 17.5 Å². The summed E-state index contributed by atoms with van der Waals surface area (Å²) in [5.74, 6) is -23.4. The van der Waals surface area contributed by atoms with E-state index in [2.05, 4.69) is 47.5 Å². The average molecular weight is 1820 g/mol. The van der Waals surface area contributed by atoms with E-state index in [0.717, 1.165) is 55.4 Å². The molecule has 3 aliphatic heterocycles. The van der Waals surface area contributed by atoms with Crippen LogP contribution in [-0.4, -0.2) is 276 Å². The maximum Gasteiger partial charge on any atom is 0.305 e. The van der Waals surface area contributed by atoms with E-state index in [1.165, 1.54) is 64.3 Å². The first-order chi connectivity index (χ1) is 61.3. The van der Waals surface area contributed by atoms with Crippen LogP contribution in [0.1, 0.15) is 126 Å². The Kier molecular flexibility index (Phi) is 36.5. The van der Waals surface area contributed by atoms with Crippen LogP contribution in [0.15, 0.2) is 121 Å². The lowest BCUT2D eigenvalue weighted by Crippen LogP contribution is -2.63. The highest BCUT2D eigenvalue weighted by atomic mass is 32.2. The van der Waals surface area contributed by atoms with Crippen LogP contribution >= 0.6 is 11.8 Å². The lowest BCUT2D eigenvalue weighted by Gasteiger charge is -2.38. The van der Waals surface area contributed by atoms with E-state index in [0.29, 0.717) is 59.0 Å². The van der Waals surface area contributed by atoms with Crippen LogP contribution in [0.25, 0.3) is 10.9 Å². The minimum atomic E-state index is -2.05. The number of carboxylic acids is 2. The molecule has 3 saturated heterocycles. The zero-order valence-corrected chi connectivity index (χ0v) is 73.5. The summed E-state index contributed by atoms with van der Waals surface area (Å²) in [6, 6.07) is 6.02. The van der Waals surface area contributed by atoms with Gasteiger partial charge in [-0.05, 0) is 128 Å². The number of aromatic nitrogens is 1. The Hall–Kier alpha value is -12.5. The van der Waals surface area contributed by atoms with Gasteiger partial charge in [0.2, 0.25) is 76.8 Å². The molecule has 0 spiro atoms. The van der Waals surface area contributed by atoms with Crippen molar-refractivity contribution in [1.82, 2.24) is 72.0 Å². The van der Waals surface area contributed by atoms with Gasteiger partial charge in [-0.25, -0.2) is 17.6 Å². The quantitative estimate of drug-likeness (QED) is 0.0364. The van der Waals surface area contributed by atoms with Gasteiger partial charge < -0.3 is 98.2 Å². The number of aliphatic hydroxyl groups is 1. The van der Waals surface area contributed by atoms with Crippen LogP contribution in [0.2, 0.25) is 0 Å². The third kappa shape index (κ3) is 27.5. The number of H-pyrrole nitrogens is 1. The first-order valence-electron chi connectivity index (χ1n) is 42.8.